The van der Waals surface area contributed by atoms with Crippen LogP contribution in [-0.4, -0.2) is 30.1 Å². The van der Waals surface area contributed by atoms with Gasteiger partial charge in [-0.25, -0.2) is 17.9 Å². The maximum atomic E-state index is 12.4. The molecule has 0 spiro atoms. The van der Waals surface area contributed by atoms with Crippen LogP contribution in [0.25, 0.3) is 0 Å². The van der Waals surface area contributed by atoms with Gasteiger partial charge in [-0.3, -0.25) is 0 Å². The maximum absolute atomic E-state index is 12.4. The van der Waals surface area contributed by atoms with Gasteiger partial charge in [-0.1, -0.05) is 13.8 Å². The van der Waals surface area contributed by atoms with E-state index < -0.39 is 16.0 Å². The Morgan fingerprint density at radius 2 is 1.86 bits per heavy atom. The Morgan fingerprint density at radius 1 is 1.29 bits per heavy atom. The molecule has 118 valence electrons. The first kappa shape index (κ1) is 16.0. The van der Waals surface area contributed by atoms with Crippen LogP contribution in [-0.2, 0) is 17.1 Å². The quantitative estimate of drug-likeness (QED) is 0.887. The molecule has 1 aliphatic carbocycles. The topological polar surface area (TPSA) is 88.4 Å². The lowest BCUT2D eigenvalue weighted by Gasteiger charge is -2.31. The van der Waals surface area contributed by atoms with E-state index in [1.54, 1.807) is 0 Å². The van der Waals surface area contributed by atoms with E-state index in [4.69, 9.17) is 5.11 Å². The minimum Gasteiger partial charge on any atom is -0.477 e. The predicted octanol–water partition coefficient (Wildman–Crippen LogP) is 1.83. The molecule has 2 unspecified atom stereocenters. The molecule has 1 aromatic rings. The molecular formula is C14H22N2O4S. The lowest BCUT2D eigenvalue weighted by molar-refractivity contribution is 0.0686. The molecule has 0 aromatic carbocycles. The first-order chi connectivity index (χ1) is 9.69. The second kappa shape index (κ2) is 5.81. The molecule has 2 N–H and O–H groups in total. The van der Waals surface area contributed by atoms with Crippen molar-refractivity contribution >= 4 is 16.0 Å². The molecule has 2 atom stereocenters. The van der Waals surface area contributed by atoms with Crippen molar-refractivity contribution in [3.63, 3.8) is 0 Å². The largest absolute Gasteiger partial charge is 0.477 e. The molecule has 0 radical (unpaired) electrons. The van der Waals surface area contributed by atoms with Crippen molar-refractivity contribution in [2.75, 3.05) is 0 Å². The van der Waals surface area contributed by atoms with E-state index in [0.29, 0.717) is 11.8 Å². The number of hydrogen-bond acceptors (Lipinski definition) is 3. The summed E-state index contributed by atoms with van der Waals surface area (Å²) in [6.45, 7) is 4.25. The molecule has 1 aromatic heterocycles. The third-order valence-electron chi connectivity index (χ3n) is 4.01. The van der Waals surface area contributed by atoms with Crippen molar-refractivity contribution in [3.8, 4) is 0 Å². The Morgan fingerprint density at radius 3 is 2.33 bits per heavy atom. The molecule has 6 nitrogen and oxygen atoms in total. The maximum Gasteiger partial charge on any atom is 0.352 e. The van der Waals surface area contributed by atoms with Crippen LogP contribution >= 0.6 is 0 Å². The van der Waals surface area contributed by atoms with E-state index in [1.165, 1.54) is 23.9 Å². The van der Waals surface area contributed by atoms with Gasteiger partial charge in [0.15, 0.2) is 0 Å². The molecule has 1 fully saturated rings. The van der Waals surface area contributed by atoms with Gasteiger partial charge < -0.3 is 9.67 Å². The van der Waals surface area contributed by atoms with Gasteiger partial charge >= 0.3 is 5.97 Å². The zero-order chi connectivity index (χ0) is 15.8. The first-order valence-electron chi connectivity index (χ1n) is 7.11. The van der Waals surface area contributed by atoms with Gasteiger partial charge in [-0.05, 0) is 37.2 Å². The van der Waals surface area contributed by atoms with E-state index in [0.717, 1.165) is 19.3 Å². The van der Waals surface area contributed by atoms with Crippen molar-refractivity contribution < 1.29 is 18.3 Å². The summed E-state index contributed by atoms with van der Waals surface area (Å²) in [7, 11) is -2.16. The summed E-state index contributed by atoms with van der Waals surface area (Å²) in [6.07, 6.45) is 4.10. The van der Waals surface area contributed by atoms with Crippen LogP contribution in [0.3, 0.4) is 0 Å². The fourth-order valence-corrected chi connectivity index (χ4v) is 4.56. The monoisotopic (exact) mass is 314 g/mol. The Bertz CT molecular complexity index is 625. The van der Waals surface area contributed by atoms with Gasteiger partial charge in [-0.2, -0.15) is 0 Å². The highest BCUT2D eigenvalue weighted by Gasteiger charge is 2.29. The van der Waals surface area contributed by atoms with Crippen molar-refractivity contribution in [3.05, 3.63) is 18.0 Å². The SMILES string of the molecule is CC1CC(C)CC(NS(=O)(=O)c2cc(C(=O)O)n(C)c2)C1. The molecule has 1 heterocycles. The highest BCUT2D eigenvalue weighted by molar-refractivity contribution is 7.89. The summed E-state index contributed by atoms with van der Waals surface area (Å²) in [5.41, 5.74) is -0.0410. The number of nitrogens with zero attached hydrogens (tertiary/aromatic N) is 1. The van der Waals surface area contributed by atoms with Gasteiger partial charge in [0.25, 0.3) is 0 Å². The Balaban J connectivity index is 2.18. The fourth-order valence-electron chi connectivity index (χ4n) is 3.22. The number of carbonyl (C=O) groups is 1. The smallest absolute Gasteiger partial charge is 0.352 e. The number of carboxylic acids is 1. The summed E-state index contributed by atoms with van der Waals surface area (Å²) < 4.78 is 28.8. The number of rotatable bonds is 4. The van der Waals surface area contributed by atoms with Crippen molar-refractivity contribution in [1.29, 1.82) is 0 Å². The Kier molecular flexibility index (Phi) is 4.43. The van der Waals surface area contributed by atoms with Gasteiger partial charge in [0.2, 0.25) is 10.0 Å². The van der Waals surface area contributed by atoms with Crippen LogP contribution in [0.1, 0.15) is 43.6 Å². The van der Waals surface area contributed by atoms with Crippen LogP contribution < -0.4 is 4.72 Å². The van der Waals surface area contributed by atoms with Crippen LogP contribution in [0.5, 0.6) is 0 Å². The average molecular weight is 314 g/mol. The van der Waals surface area contributed by atoms with E-state index in [-0.39, 0.29) is 16.6 Å². The molecule has 21 heavy (non-hydrogen) atoms. The summed E-state index contributed by atoms with van der Waals surface area (Å²) in [5.74, 6) is -0.155. The summed E-state index contributed by atoms with van der Waals surface area (Å²) in [6, 6.07) is 1.11. The molecular weight excluding hydrogens is 292 g/mol. The summed E-state index contributed by atoms with van der Waals surface area (Å²) in [5, 5.41) is 9.00. The number of aromatic carboxylic acids is 1. The predicted molar refractivity (Wildman–Crippen MR) is 78.7 cm³/mol. The summed E-state index contributed by atoms with van der Waals surface area (Å²) in [4.78, 5) is 11.0. The molecule has 1 saturated carbocycles. The minimum atomic E-state index is -3.68. The molecule has 0 bridgehead atoms. The van der Waals surface area contributed by atoms with Gasteiger partial charge in [0, 0.05) is 19.3 Å². The number of nitrogens with one attached hydrogen (secondary N) is 1. The lowest BCUT2D eigenvalue weighted by Crippen LogP contribution is -2.39. The number of sulfonamides is 1. The van der Waals surface area contributed by atoms with E-state index >= 15 is 0 Å². The number of carboxylic acid groups (broad SMARTS) is 1. The number of hydrogen-bond donors (Lipinski definition) is 2. The van der Waals surface area contributed by atoms with E-state index in [9.17, 15) is 13.2 Å². The molecule has 7 heteroatoms. The standard InChI is InChI=1S/C14H22N2O4S/c1-9-4-10(2)6-11(5-9)15-21(19,20)12-7-13(14(17)18)16(3)8-12/h7-11,15H,4-6H2,1-3H3,(H,17,18). The highest BCUT2D eigenvalue weighted by atomic mass is 32.2. The van der Waals surface area contributed by atoms with Gasteiger partial charge in [0.1, 0.15) is 10.6 Å². The number of aromatic nitrogens is 1. The normalized spacial score (nSPS) is 26.7. The number of aryl methyl sites for hydroxylation is 1. The second-order valence-electron chi connectivity index (χ2n) is 6.21. The molecule has 1 aliphatic rings. The second-order valence-corrected chi connectivity index (χ2v) is 7.93. The molecule has 0 aliphatic heterocycles. The fraction of sp³-hybridized carbons (Fsp3) is 0.643. The van der Waals surface area contributed by atoms with Crippen LogP contribution in [0.4, 0.5) is 0 Å². The Hall–Kier alpha value is -1.34. The zero-order valence-electron chi connectivity index (χ0n) is 12.5. The lowest BCUT2D eigenvalue weighted by atomic mass is 9.81. The summed E-state index contributed by atoms with van der Waals surface area (Å²) >= 11 is 0. The third kappa shape index (κ3) is 3.65. The average Bonchev–Trinajstić information content (AvgIpc) is 2.70. The minimum absolute atomic E-state index is 0.00767. The van der Waals surface area contributed by atoms with Crippen molar-refractivity contribution in [2.45, 2.75) is 44.0 Å². The van der Waals surface area contributed by atoms with Crippen LogP contribution in [0, 0.1) is 11.8 Å². The van der Waals surface area contributed by atoms with Crippen LogP contribution in [0.2, 0.25) is 0 Å². The molecule has 0 amide bonds. The van der Waals surface area contributed by atoms with Crippen molar-refractivity contribution in [2.24, 2.45) is 18.9 Å². The third-order valence-corrected chi connectivity index (χ3v) is 5.50. The highest BCUT2D eigenvalue weighted by Crippen LogP contribution is 2.29. The zero-order valence-corrected chi connectivity index (χ0v) is 13.4. The molecule has 0 saturated heterocycles. The van der Waals surface area contributed by atoms with Gasteiger partial charge in [0.05, 0.1) is 0 Å². The van der Waals surface area contributed by atoms with Gasteiger partial charge in [-0.15, -0.1) is 0 Å². The van der Waals surface area contributed by atoms with Crippen LogP contribution in [0.15, 0.2) is 17.2 Å². The van der Waals surface area contributed by atoms with E-state index in [2.05, 4.69) is 18.6 Å². The first-order valence-corrected chi connectivity index (χ1v) is 8.59. The van der Waals surface area contributed by atoms with Crippen molar-refractivity contribution in [1.82, 2.24) is 9.29 Å². The Labute approximate surface area is 125 Å². The molecule has 2 rings (SSSR count). The van der Waals surface area contributed by atoms with E-state index in [1.807, 2.05) is 0 Å².